The van der Waals surface area contributed by atoms with Crippen molar-refractivity contribution in [1.82, 2.24) is 5.32 Å². The number of hydrogen-bond donors (Lipinski definition) is 2. The highest BCUT2D eigenvalue weighted by Gasteiger charge is 2.59. The molecule has 0 bridgehead atoms. The zero-order valence-electron chi connectivity index (χ0n) is 8.83. The fourth-order valence-corrected chi connectivity index (χ4v) is 4.00. The van der Waals surface area contributed by atoms with E-state index in [1.807, 2.05) is 0 Å². The Hall–Kier alpha value is -0.220. The highest BCUT2D eigenvalue weighted by molar-refractivity contribution is 8.01. The summed E-state index contributed by atoms with van der Waals surface area (Å²) >= 11 is 1.76. The van der Waals surface area contributed by atoms with Crippen molar-refractivity contribution >= 4 is 17.7 Å². The van der Waals surface area contributed by atoms with Gasteiger partial charge in [-0.3, -0.25) is 10.1 Å². The molecule has 2 unspecified atom stereocenters. The average Bonchev–Trinajstić information content (AvgIpc) is 2.56. The molecule has 0 aromatic carbocycles. The Kier molecular flexibility index (Phi) is 2.13. The fraction of sp³-hybridized carbons (Fsp3) is 0.900. The van der Waals surface area contributed by atoms with Crippen molar-refractivity contribution in [2.24, 2.45) is 11.3 Å². The zero-order chi connectivity index (χ0) is 10.6. The molecule has 1 saturated carbocycles. The summed E-state index contributed by atoms with van der Waals surface area (Å²) in [5.41, 5.74) is 0.391. The SMILES string of the molecule is CC1(C)CC1C1(C)N[C@H](C(=O)O)CS1. The number of thioether (sulfide) groups is 1. The van der Waals surface area contributed by atoms with Gasteiger partial charge in [-0.05, 0) is 24.7 Å². The molecule has 0 amide bonds. The molecule has 3 nitrogen and oxygen atoms in total. The first-order chi connectivity index (χ1) is 6.35. The molecule has 2 rings (SSSR count). The predicted molar refractivity (Wildman–Crippen MR) is 57.3 cm³/mol. The molecule has 0 aromatic rings. The van der Waals surface area contributed by atoms with E-state index in [1.54, 1.807) is 11.8 Å². The van der Waals surface area contributed by atoms with Gasteiger partial charge in [0.1, 0.15) is 6.04 Å². The zero-order valence-corrected chi connectivity index (χ0v) is 9.65. The number of nitrogens with one attached hydrogen (secondary N) is 1. The Morgan fingerprint density at radius 1 is 1.50 bits per heavy atom. The van der Waals surface area contributed by atoms with Crippen LogP contribution in [0.1, 0.15) is 27.2 Å². The largest absolute Gasteiger partial charge is 0.480 e. The van der Waals surface area contributed by atoms with E-state index in [-0.39, 0.29) is 10.9 Å². The van der Waals surface area contributed by atoms with Gasteiger partial charge in [0.15, 0.2) is 0 Å². The standard InChI is InChI=1S/C10H17NO2S/c1-9(2)4-7(9)10(3)11-6(5-14-10)8(12)13/h6-7,11H,4-5H2,1-3H3,(H,12,13)/t6-,7?,10?/m0/s1. The summed E-state index contributed by atoms with van der Waals surface area (Å²) in [6.07, 6.45) is 1.20. The van der Waals surface area contributed by atoms with Crippen molar-refractivity contribution in [2.45, 2.75) is 38.1 Å². The van der Waals surface area contributed by atoms with Crippen LogP contribution in [0.4, 0.5) is 0 Å². The third-order valence-corrected chi connectivity index (χ3v) is 4.99. The summed E-state index contributed by atoms with van der Waals surface area (Å²) in [5.74, 6) is 0.585. The minimum Gasteiger partial charge on any atom is -0.480 e. The van der Waals surface area contributed by atoms with Crippen LogP contribution < -0.4 is 5.32 Å². The lowest BCUT2D eigenvalue weighted by Crippen LogP contribution is -2.45. The molecular formula is C10H17NO2S. The van der Waals surface area contributed by atoms with Gasteiger partial charge in [0.2, 0.25) is 0 Å². The second kappa shape index (κ2) is 2.89. The molecule has 4 heteroatoms. The lowest BCUT2D eigenvalue weighted by atomic mass is 10.0. The number of aliphatic carboxylic acids is 1. The molecule has 1 heterocycles. The highest BCUT2D eigenvalue weighted by atomic mass is 32.2. The van der Waals surface area contributed by atoms with Gasteiger partial charge in [-0.15, -0.1) is 11.8 Å². The van der Waals surface area contributed by atoms with E-state index >= 15 is 0 Å². The van der Waals surface area contributed by atoms with Crippen LogP contribution in [0, 0.1) is 11.3 Å². The molecule has 80 valence electrons. The Morgan fingerprint density at radius 2 is 2.07 bits per heavy atom. The van der Waals surface area contributed by atoms with Crippen LogP contribution in [0.15, 0.2) is 0 Å². The van der Waals surface area contributed by atoms with Gasteiger partial charge in [0, 0.05) is 5.75 Å². The van der Waals surface area contributed by atoms with Crippen molar-refractivity contribution in [3.8, 4) is 0 Å². The molecular weight excluding hydrogens is 198 g/mol. The molecule has 1 aliphatic carbocycles. The second-order valence-corrected chi connectivity index (χ2v) is 6.67. The topological polar surface area (TPSA) is 49.3 Å². The Morgan fingerprint density at radius 3 is 2.43 bits per heavy atom. The molecule has 2 fully saturated rings. The number of carboxylic acids is 1. The summed E-state index contributed by atoms with van der Waals surface area (Å²) in [5, 5.41) is 12.1. The third-order valence-electron chi connectivity index (χ3n) is 3.49. The molecule has 2 N–H and O–H groups in total. The molecule has 14 heavy (non-hydrogen) atoms. The normalized spacial score (nSPS) is 45.1. The van der Waals surface area contributed by atoms with E-state index in [1.165, 1.54) is 6.42 Å². The molecule has 0 aromatic heterocycles. The average molecular weight is 215 g/mol. The lowest BCUT2D eigenvalue weighted by Gasteiger charge is -2.26. The first-order valence-electron chi connectivity index (χ1n) is 5.00. The second-order valence-electron chi connectivity index (χ2n) is 5.20. The van der Waals surface area contributed by atoms with Crippen molar-refractivity contribution < 1.29 is 9.90 Å². The first kappa shape index (κ1) is 10.3. The van der Waals surface area contributed by atoms with Gasteiger partial charge in [-0.1, -0.05) is 13.8 Å². The van der Waals surface area contributed by atoms with Crippen molar-refractivity contribution in [3.05, 3.63) is 0 Å². The van der Waals surface area contributed by atoms with Crippen LogP contribution in [0.25, 0.3) is 0 Å². The number of carbonyl (C=O) groups is 1. The van der Waals surface area contributed by atoms with Gasteiger partial charge >= 0.3 is 5.97 Å². The minimum atomic E-state index is -0.723. The monoisotopic (exact) mass is 215 g/mol. The van der Waals surface area contributed by atoms with Gasteiger partial charge in [0.05, 0.1) is 4.87 Å². The van der Waals surface area contributed by atoms with Gasteiger partial charge < -0.3 is 5.11 Å². The minimum absolute atomic E-state index is 0.0213. The maximum Gasteiger partial charge on any atom is 0.321 e. The lowest BCUT2D eigenvalue weighted by molar-refractivity contribution is -0.138. The highest BCUT2D eigenvalue weighted by Crippen LogP contribution is 2.61. The summed E-state index contributed by atoms with van der Waals surface area (Å²) in [7, 11) is 0. The molecule has 2 aliphatic rings. The smallest absolute Gasteiger partial charge is 0.321 e. The fourth-order valence-electron chi connectivity index (χ4n) is 2.43. The van der Waals surface area contributed by atoms with Crippen LogP contribution in [0.5, 0.6) is 0 Å². The van der Waals surface area contributed by atoms with Gasteiger partial charge in [0.25, 0.3) is 0 Å². The Labute approximate surface area is 88.6 Å². The van der Waals surface area contributed by atoms with Crippen LogP contribution in [0.3, 0.4) is 0 Å². The van der Waals surface area contributed by atoms with E-state index in [0.29, 0.717) is 17.1 Å². The summed E-state index contributed by atoms with van der Waals surface area (Å²) in [6.45, 7) is 6.64. The molecule has 1 saturated heterocycles. The van der Waals surface area contributed by atoms with Crippen LogP contribution in [-0.4, -0.2) is 27.7 Å². The van der Waals surface area contributed by atoms with E-state index in [2.05, 4.69) is 26.1 Å². The van der Waals surface area contributed by atoms with Crippen LogP contribution in [0.2, 0.25) is 0 Å². The third kappa shape index (κ3) is 1.54. The van der Waals surface area contributed by atoms with E-state index in [4.69, 9.17) is 5.11 Å². The summed E-state index contributed by atoms with van der Waals surface area (Å²) in [6, 6.07) is -0.360. The number of rotatable bonds is 2. The van der Waals surface area contributed by atoms with E-state index < -0.39 is 5.97 Å². The Bertz CT molecular complexity index is 279. The maximum atomic E-state index is 10.8. The van der Waals surface area contributed by atoms with E-state index in [9.17, 15) is 4.79 Å². The van der Waals surface area contributed by atoms with Gasteiger partial charge in [-0.25, -0.2) is 0 Å². The van der Waals surface area contributed by atoms with Crippen LogP contribution in [-0.2, 0) is 4.79 Å². The summed E-state index contributed by atoms with van der Waals surface area (Å²) < 4.78 is 0. The molecule has 3 atom stereocenters. The molecule has 1 aliphatic heterocycles. The maximum absolute atomic E-state index is 10.8. The Balaban J connectivity index is 2.03. The van der Waals surface area contributed by atoms with Gasteiger partial charge in [-0.2, -0.15) is 0 Å². The van der Waals surface area contributed by atoms with Crippen molar-refractivity contribution in [3.63, 3.8) is 0 Å². The molecule has 0 spiro atoms. The van der Waals surface area contributed by atoms with Crippen molar-refractivity contribution in [2.75, 3.05) is 5.75 Å². The number of carboxylic acid groups (broad SMARTS) is 1. The number of hydrogen-bond acceptors (Lipinski definition) is 3. The predicted octanol–water partition coefficient (Wildman–Crippen LogP) is 1.54. The molecule has 0 radical (unpaired) electrons. The van der Waals surface area contributed by atoms with Crippen LogP contribution >= 0.6 is 11.8 Å². The quantitative estimate of drug-likeness (QED) is 0.733. The first-order valence-corrected chi connectivity index (χ1v) is 5.98. The summed E-state index contributed by atoms with van der Waals surface area (Å²) in [4.78, 5) is 10.8. The van der Waals surface area contributed by atoms with E-state index in [0.717, 1.165) is 0 Å². The van der Waals surface area contributed by atoms with Crippen molar-refractivity contribution in [1.29, 1.82) is 0 Å².